The van der Waals surface area contributed by atoms with Gasteiger partial charge in [-0.3, -0.25) is 4.55 Å². The van der Waals surface area contributed by atoms with Crippen LogP contribution < -0.4 is 0 Å². The van der Waals surface area contributed by atoms with Gasteiger partial charge in [0, 0.05) is 17.9 Å². The Morgan fingerprint density at radius 1 is 1.16 bits per heavy atom. The van der Waals surface area contributed by atoms with Gasteiger partial charge in [-0.2, -0.15) is 8.42 Å². The Kier molecular flexibility index (Phi) is 6.17. The van der Waals surface area contributed by atoms with Crippen LogP contribution in [0.25, 0.3) is 0 Å². The first-order valence-electron chi connectivity index (χ1n) is 5.61. The summed E-state index contributed by atoms with van der Waals surface area (Å²) in [6.45, 7) is 2.11. The molecule has 19 heavy (non-hydrogen) atoms. The first-order chi connectivity index (χ1) is 8.93. The fourth-order valence-corrected chi connectivity index (χ4v) is 2.45. The Balaban J connectivity index is 0.000000200. The van der Waals surface area contributed by atoms with E-state index in [0.717, 1.165) is 12.0 Å². The molecule has 6 heteroatoms. The van der Waals surface area contributed by atoms with Crippen LogP contribution in [0.4, 0.5) is 0 Å². The molecule has 0 aliphatic carbocycles. The third-order valence-corrected chi connectivity index (χ3v) is 4.06. The SMILES string of the molecule is Cc1ccc(S(=O)(=O)O)cc1.OCCc1cccs1. The minimum absolute atomic E-state index is 0.0666. The van der Waals surface area contributed by atoms with Crippen LogP contribution in [0.5, 0.6) is 0 Å². The van der Waals surface area contributed by atoms with E-state index in [0.29, 0.717) is 0 Å². The van der Waals surface area contributed by atoms with Crippen molar-refractivity contribution in [2.24, 2.45) is 0 Å². The fourth-order valence-electron chi connectivity index (χ4n) is 1.28. The molecule has 0 saturated heterocycles. The van der Waals surface area contributed by atoms with Crippen molar-refractivity contribution in [3.05, 3.63) is 52.2 Å². The molecule has 2 aromatic rings. The summed E-state index contributed by atoms with van der Waals surface area (Å²) in [7, 11) is -4.02. The van der Waals surface area contributed by atoms with Crippen LogP contribution in [0.2, 0.25) is 0 Å². The maximum absolute atomic E-state index is 10.5. The fraction of sp³-hybridized carbons (Fsp3) is 0.231. The number of hydrogen-bond donors (Lipinski definition) is 2. The van der Waals surface area contributed by atoms with E-state index in [4.69, 9.17) is 9.66 Å². The Morgan fingerprint density at radius 2 is 1.79 bits per heavy atom. The molecule has 0 aliphatic rings. The molecule has 0 bridgehead atoms. The maximum Gasteiger partial charge on any atom is 0.294 e. The Bertz CT molecular complexity index is 572. The van der Waals surface area contributed by atoms with Crippen LogP contribution in [0.15, 0.2) is 46.7 Å². The number of aliphatic hydroxyl groups excluding tert-OH is 1. The summed E-state index contributed by atoms with van der Waals surface area (Å²) >= 11 is 1.69. The van der Waals surface area contributed by atoms with Gasteiger partial charge in [-0.15, -0.1) is 11.3 Å². The predicted octanol–water partition coefficient (Wildman–Crippen LogP) is 2.52. The van der Waals surface area contributed by atoms with E-state index in [9.17, 15) is 8.42 Å². The molecule has 0 unspecified atom stereocenters. The van der Waals surface area contributed by atoms with E-state index < -0.39 is 10.1 Å². The van der Waals surface area contributed by atoms with Crippen molar-refractivity contribution in [3.8, 4) is 0 Å². The number of rotatable bonds is 3. The molecule has 1 aromatic heterocycles. The third-order valence-electron chi connectivity index (χ3n) is 2.26. The lowest BCUT2D eigenvalue weighted by atomic mass is 10.2. The molecule has 0 spiro atoms. The number of thiophene rings is 1. The third kappa shape index (κ3) is 5.98. The summed E-state index contributed by atoms with van der Waals surface area (Å²) in [5, 5.41) is 10.5. The van der Waals surface area contributed by atoms with Gasteiger partial charge in [0.2, 0.25) is 0 Å². The summed E-state index contributed by atoms with van der Waals surface area (Å²) in [6.07, 6.45) is 0.803. The summed E-state index contributed by atoms with van der Waals surface area (Å²) < 4.78 is 29.6. The summed E-state index contributed by atoms with van der Waals surface area (Å²) in [5.74, 6) is 0. The van der Waals surface area contributed by atoms with Gasteiger partial charge in [-0.05, 0) is 30.5 Å². The van der Waals surface area contributed by atoms with E-state index in [1.165, 1.54) is 17.0 Å². The molecule has 0 radical (unpaired) electrons. The zero-order chi connectivity index (χ0) is 14.3. The highest BCUT2D eigenvalue weighted by molar-refractivity contribution is 7.85. The molecule has 0 atom stereocenters. The highest BCUT2D eigenvalue weighted by atomic mass is 32.2. The molecule has 4 nitrogen and oxygen atoms in total. The second-order valence-electron chi connectivity index (χ2n) is 3.84. The highest BCUT2D eigenvalue weighted by Gasteiger charge is 2.06. The van der Waals surface area contributed by atoms with Gasteiger partial charge in [-0.25, -0.2) is 0 Å². The minimum Gasteiger partial charge on any atom is -0.396 e. The normalized spacial score (nSPS) is 10.7. The lowest BCUT2D eigenvalue weighted by Crippen LogP contribution is -1.96. The smallest absolute Gasteiger partial charge is 0.294 e. The van der Waals surface area contributed by atoms with Gasteiger partial charge < -0.3 is 5.11 Å². The van der Waals surface area contributed by atoms with Crippen LogP contribution in [0.1, 0.15) is 10.4 Å². The van der Waals surface area contributed by atoms with E-state index >= 15 is 0 Å². The van der Waals surface area contributed by atoms with Crippen LogP contribution in [0.3, 0.4) is 0 Å². The summed E-state index contributed by atoms with van der Waals surface area (Å²) in [6, 6.07) is 10.0. The van der Waals surface area contributed by atoms with Crippen molar-refractivity contribution in [2.45, 2.75) is 18.2 Å². The van der Waals surface area contributed by atoms with E-state index in [-0.39, 0.29) is 11.5 Å². The molecule has 1 aromatic carbocycles. The molecule has 1 heterocycles. The zero-order valence-electron chi connectivity index (χ0n) is 10.5. The van der Waals surface area contributed by atoms with Crippen molar-refractivity contribution in [1.82, 2.24) is 0 Å². The molecule has 0 fully saturated rings. The monoisotopic (exact) mass is 300 g/mol. The molecule has 2 N–H and O–H groups in total. The lowest BCUT2D eigenvalue weighted by Gasteiger charge is -1.95. The van der Waals surface area contributed by atoms with Crippen molar-refractivity contribution < 1.29 is 18.1 Å². The largest absolute Gasteiger partial charge is 0.396 e. The minimum atomic E-state index is -4.02. The van der Waals surface area contributed by atoms with E-state index in [1.807, 2.05) is 24.4 Å². The first kappa shape index (κ1) is 15.8. The van der Waals surface area contributed by atoms with Crippen molar-refractivity contribution in [1.29, 1.82) is 0 Å². The summed E-state index contributed by atoms with van der Waals surface area (Å²) in [5.41, 5.74) is 0.956. The maximum atomic E-state index is 10.5. The van der Waals surface area contributed by atoms with Gasteiger partial charge >= 0.3 is 0 Å². The second-order valence-corrected chi connectivity index (χ2v) is 6.29. The highest BCUT2D eigenvalue weighted by Crippen LogP contribution is 2.08. The Labute approximate surface area is 117 Å². The van der Waals surface area contributed by atoms with Crippen molar-refractivity contribution in [3.63, 3.8) is 0 Å². The molecular weight excluding hydrogens is 284 g/mol. The van der Waals surface area contributed by atoms with Crippen LogP contribution in [-0.4, -0.2) is 24.7 Å². The average molecular weight is 300 g/mol. The van der Waals surface area contributed by atoms with Crippen LogP contribution in [-0.2, 0) is 16.5 Å². The topological polar surface area (TPSA) is 74.6 Å². The van der Waals surface area contributed by atoms with Crippen molar-refractivity contribution >= 4 is 21.5 Å². The van der Waals surface area contributed by atoms with Crippen molar-refractivity contribution in [2.75, 3.05) is 6.61 Å². The van der Waals surface area contributed by atoms with Crippen LogP contribution in [0, 0.1) is 6.92 Å². The predicted molar refractivity (Wildman–Crippen MR) is 76.1 cm³/mol. The molecule has 2 rings (SSSR count). The van der Waals surface area contributed by atoms with Gasteiger partial charge in [-0.1, -0.05) is 23.8 Å². The molecule has 0 saturated carbocycles. The molecular formula is C13H16O4S2. The Hall–Kier alpha value is -1.21. The average Bonchev–Trinajstić information content (AvgIpc) is 2.83. The van der Waals surface area contributed by atoms with Crippen LogP contribution >= 0.6 is 11.3 Å². The quantitative estimate of drug-likeness (QED) is 0.854. The van der Waals surface area contributed by atoms with E-state index in [1.54, 1.807) is 23.5 Å². The lowest BCUT2D eigenvalue weighted by molar-refractivity contribution is 0.300. The van der Waals surface area contributed by atoms with Gasteiger partial charge in [0.1, 0.15) is 0 Å². The number of hydrogen-bond acceptors (Lipinski definition) is 4. The standard InChI is InChI=1S/C7H8O3S.C6H8OS/c1-6-2-4-7(5-3-6)11(8,9)10;7-4-3-6-2-1-5-8-6/h2-5H,1H3,(H,8,9,10);1-2,5,7H,3-4H2. The molecule has 0 aliphatic heterocycles. The molecule has 104 valence electrons. The number of benzene rings is 1. The Morgan fingerprint density at radius 3 is 2.21 bits per heavy atom. The second kappa shape index (κ2) is 7.40. The number of aliphatic hydroxyl groups is 1. The summed E-state index contributed by atoms with van der Waals surface area (Å²) in [4.78, 5) is 1.19. The molecule has 0 amide bonds. The first-order valence-corrected chi connectivity index (χ1v) is 7.93. The van der Waals surface area contributed by atoms with Gasteiger partial charge in [0.05, 0.1) is 4.90 Å². The van der Waals surface area contributed by atoms with Gasteiger partial charge in [0.25, 0.3) is 10.1 Å². The number of aryl methyl sites for hydroxylation is 1. The van der Waals surface area contributed by atoms with Gasteiger partial charge in [0.15, 0.2) is 0 Å². The zero-order valence-corrected chi connectivity index (χ0v) is 12.1. The van der Waals surface area contributed by atoms with E-state index in [2.05, 4.69) is 0 Å².